The van der Waals surface area contributed by atoms with Gasteiger partial charge in [-0.3, -0.25) is 0 Å². The van der Waals surface area contributed by atoms with Crippen molar-refractivity contribution in [3.63, 3.8) is 0 Å². The van der Waals surface area contributed by atoms with E-state index in [2.05, 4.69) is 4.98 Å². The van der Waals surface area contributed by atoms with E-state index in [1.807, 2.05) is 0 Å². The van der Waals surface area contributed by atoms with Crippen molar-refractivity contribution in [1.82, 2.24) is 4.98 Å². The highest BCUT2D eigenvalue weighted by Gasteiger charge is 2.28. The SMILES string of the molecule is O=S1(=O)CCC(Cc2ncc(CO)s2)C1. The first-order valence-electron chi connectivity index (χ1n) is 4.84. The summed E-state index contributed by atoms with van der Waals surface area (Å²) in [6, 6.07) is 0. The molecule has 1 atom stereocenters. The van der Waals surface area contributed by atoms with Crippen molar-refractivity contribution in [3.05, 3.63) is 16.1 Å². The van der Waals surface area contributed by atoms with Crippen LogP contribution in [0.4, 0.5) is 0 Å². The number of aliphatic hydroxyl groups is 1. The van der Waals surface area contributed by atoms with Crippen molar-refractivity contribution < 1.29 is 13.5 Å². The fraction of sp³-hybridized carbons (Fsp3) is 0.667. The summed E-state index contributed by atoms with van der Waals surface area (Å²) in [4.78, 5) is 5.00. The maximum Gasteiger partial charge on any atom is 0.150 e. The molecule has 0 aliphatic carbocycles. The van der Waals surface area contributed by atoms with Gasteiger partial charge in [0.2, 0.25) is 0 Å². The van der Waals surface area contributed by atoms with Crippen LogP contribution in [0.15, 0.2) is 6.20 Å². The molecule has 2 heterocycles. The van der Waals surface area contributed by atoms with Crippen LogP contribution in [0.1, 0.15) is 16.3 Å². The first-order chi connectivity index (χ1) is 7.09. The lowest BCUT2D eigenvalue weighted by Gasteiger charge is -2.02. The molecule has 1 N–H and O–H groups in total. The van der Waals surface area contributed by atoms with Gasteiger partial charge in [0.1, 0.15) is 0 Å². The van der Waals surface area contributed by atoms with Crippen molar-refractivity contribution in [1.29, 1.82) is 0 Å². The lowest BCUT2D eigenvalue weighted by atomic mass is 10.1. The summed E-state index contributed by atoms with van der Waals surface area (Å²) in [5.74, 6) is 0.824. The van der Waals surface area contributed by atoms with Crippen molar-refractivity contribution >= 4 is 21.2 Å². The zero-order valence-electron chi connectivity index (χ0n) is 8.22. The highest BCUT2D eigenvalue weighted by molar-refractivity contribution is 7.91. The number of aliphatic hydroxyl groups excluding tert-OH is 1. The van der Waals surface area contributed by atoms with Crippen LogP contribution in [0.2, 0.25) is 0 Å². The molecule has 15 heavy (non-hydrogen) atoms. The summed E-state index contributed by atoms with van der Waals surface area (Å²) in [5, 5.41) is 9.80. The molecular weight excluding hydrogens is 234 g/mol. The molecule has 1 aliphatic heterocycles. The normalized spacial score (nSPS) is 24.5. The Morgan fingerprint density at radius 1 is 1.60 bits per heavy atom. The third kappa shape index (κ3) is 2.76. The van der Waals surface area contributed by atoms with Crippen LogP contribution in [-0.4, -0.2) is 30.0 Å². The van der Waals surface area contributed by atoms with E-state index in [9.17, 15) is 8.42 Å². The molecule has 84 valence electrons. The largest absolute Gasteiger partial charge is 0.391 e. The van der Waals surface area contributed by atoms with Crippen LogP contribution in [0.3, 0.4) is 0 Å². The number of nitrogens with zero attached hydrogens (tertiary/aromatic N) is 1. The number of rotatable bonds is 3. The van der Waals surface area contributed by atoms with Gasteiger partial charge in [0.05, 0.1) is 28.0 Å². The van der Waals surface area contributed by atoms with E-state index < -0.39 is 9.84 Å². The van der Waals surface area contributed by atoms with E-state index in [1.165, 1.54) is 11.3 Å². The van der Waals surface area contributed by atoms with Gasteiger partial charge in [-0.1, -0.05) is 0 Å². The van der Waals surface area contributed by atoms with E-state index in [0.717, 1.165) is 22.7 Å². The topological polar surface area (TPSA) is 67.3 Å². The fourth-order valence-corrected chi connectivity index (χ4v) is 4.55. The maximum atomic E-state index is 11.2. The van der Waals surface area contributed by atoms with Crippen molar-refractivity contribution in [2.75, 3.05) is 11.5 Å². The number of aromatic nitrogens is 1. The van der Waals surface area contributed by atoms with E-state index >= 15 is 0 Å². The van der Waals surface area contributed by atoms with Crippen LogP contribution >= 0.6 is 11.3 Å². The Morgan fingerprint density at radius 2 is 2.40 bits per heavy atom. The highest BCUT2D eigenvalue weighted by Crippen LogP contribution is 2.24. The Balaban J connectivity index is 1.98. The Bertz CT molecular complexity index is 438. The Morgan fingerprint density at radius 3 is 2.93 bits per heavy atom. The molecule has 0 saturated carbocycles. The first-order valence-corrected chi connectivity index (χ1v) is 7.48. The smallest absolute Gasteiger partial charge is 0.150 e. The molecule has 1 aromatic rings. The van der Waals surface area contributed by atoms with E-state index in [4.69, 9.17) is 5.11 Å². The van der Waals surface area contributed by atoms with Gasteiger partial charge in [-0.25, -0.2) is 13.4 Å². The molecule has 6 heteroatoms. The molecule has 4 nitrogen and oxygen atoms in total. The van der Waals surface area contributed by atoms with Crippen LogP contribution in [-0.2, 0) is 22.9 Å². The minimum Gasteiger partial charge on any atom is -0.391 e. The molecule has 1 aliphatic rings. The second-order valence-corrected chi connectivity index (χ2v) is 7.28. The summed E-state index contributed by atoms with van der Waals surface area (Å²) in [6.07, 6.45) is 3.13. The molecule has 1 unspecified atom stereocenters. The number of hydrogen-bond acceptors (Lipinski definition) is 5. The van der Waals surface area contributed by atoms with Gasteiger partial charge in [0, 0.05) is 12.6 Å². The summed E-state index contributed by atoms with van der Waals surface area (Å²) >= 11 is 1.46. The third-order valence-electron chi connectivity index (χ3n) is 2.55. The number of sulfone groups is 1. The predicted molar refractivity (Wildman–Crippen MR) is 58.5 cm³/mol. The van der Waals surface area contributed by atoms with Gasteiger partial charge in [-0.2, -0.15) is 0 Å². The molecule has 0 bridgehead atoms. The Labute approximate surface area is 92.9 Å². The van der Waals surface area contributed by atoms with E-state index in [-0.39, 0.29) is 12.5 Å². The van der Waals surface area contributed by atoms with Gasteiger partial charge in [-0.15, -0.1) is 11.3 Å². The second kappa shape index (κ2) is 4.19. The average Bonchev–Trinajstić information content (AvgIpc) is 2.73. The monoisotopic (exact) mass is 247 g/mol. The van der Waals surface area contributed by atoms with Crippen LogP contribution in [0.25, 0.3) is 0 Å². The molecule has 0 amide bonds. The summed E-state index contributed by atoms with van der Waals surface area (Å²) in [7, 11) is -2.79. The lowest BCUT2D eigenvalue weighted by Crippen LogP contribution is -2.07. The molecule has 0 aromatic carbocycles. The summed E-state index contributed by atoms with van der Waals surface area (Å²) in [6.45, 7) is 0.0145. The van der Waals surface area contributed by atoms with Crippen LogP contribution in [0.5, 0.6) is 0 Å². The molecule has 1 fully saturated rings. The minimum absolute atomic E-state index is 0.0145. The van der Waals surface area contributed by atoms with Gasteiger partial charge < -0.3 is 5.11 Å². The van der Waals surface area contributed by atoms with E-state index in [0.29, 0.717) is 11.5 Å². The molecule has 1 saturated heterocycles. The molecule has 0 radical (unpaired) electrons. The van der Waals surface area contributed by atoms with E-state index in [1.54, 1.807) is 6.20 Å². The second-order valence-electron chi connectivity index (χ2n) is 3.85. The summed E-state index contributed by atoms with van der Waals surface area (Å²) in [5.41, 5.74) is 0. The van der Waals surface area contributed by atoms with Crippen molar-refractivity contribution in [2.45, 2.75) is 19.4 Å². The standard InChI is InChI=1S/C9H13NO3S2/c11-5-8-4-10-9(14-8)3-7-1-2-15(12,13)6-7/h4,7,11H,1-3,5-6H2. The Hall–Kier alpha value is -0.460. The highest BCUT2D eigenvalue weighted by atomic mass is 32.2. The van der Waals surface area contributed by atoms with Gasteiger partial charge >= 0.3 is 0 Å². The zero-order valence-corrected chi connectivity index (χ0v) is 9.85. The Kier molecular flexibility index (Phi) is 3.08. The average molecular weight is 247 g/mol. The molecule has 1 aromatic heterocycles. The minimum atomic E-state index is -2.79. The van der Waals surface area contributed by atoms with Crippen LogP contribution in [0, 0.1) is 5.92 Å². The fourth-order valence-electron chi connectivity index (χ4n) is 1.80. The zero-order chi connectivity index (χ0) is 10.9. The lowest BCUT2D eigenvalue weighted by molar-refractivity contribution is 0.285. The molecular formula is C9H13NO3S2. The molecule has 0 spiro atoms. The quantitative estimate of drug-likeness (QED) is 0.850. The number of thiazole rings is 1. The molecule has 2 rings (SSSR count). The van der Waals surface area contributed by atoms with Gasteiger partial charge in [0.25, 0.3) is 0 Å². The van der Waals surface area contributed by atoms with Gasteiger partial charge in [-0.05, 0) is 12.3 Å². The summed E-state index contributed by atoms with van der Waals surface area (Å²) < 4.78 is 22.5. The maximum absolute atomic E-state index is 11.2. The van der Waals surface area contributed by atoms with Gasteiger partial charge in [0.15, 0.2) is 9.84 Å². The van der Waals surface area contributed by atoms with Crippen molar-refractivity contribution in [3.8, 4) is 0 Å². The third-order valence-corrected chi connectivity index (χ3v) is 5.39. The van der Waals surface area contributed by atoms with Crippen molar-refractivity contribution in [2.24, 2.45) is 5.92 Å². The predicted octanol–water partition coefficient (Wildman–Crippen LogP) is 0.613. The number of hydrogen-bond donors (Lipinski definition) is 1. The first kappa shape index (κ1) is 11.0. The van der Waals surface area contributed by atoms with Crippen LogP contribution < -0.4 is 0 Å².